The Balaban J connectivity index is 2.78. The zero-order valence-corrected chi connectivity index (χ0v) is 10.7. The minimum absolute atomic E-state index is 0.275. The fourth-order valence-electron chi connectivity index (χ4n) is 1.42. The number of carbonyl (C=O) groups excluding carboxylic acids is 1. The highest BCUT2D eigenvalue weighted by atomic mass is 16.5. The predicted octanol–water partition coefficient (Wildman–Crippen LogP) is 2.45. The molecule has 0 bridgehead atoms. The average molecular weight is 237 g/mol. The summed E-state index contributed by atoms with van der Waals surface area (Å²) in [4.78, 5) is 11.7. The van der Waals surface area contributed by atoms with Crippen LogP contribution >= 0.6 is 0 Å². The Bertz CT molecular complexity index is 388. The molecule has 4 heteroatoms. The number of carbonyl (C=O) groups is 1. The van der Waals surface area contributed by atoms with Gasteiger partial charge in [-0.2, -0.15) is 0 Å². The zero-order valence-electron chi connectivity index (χ0n) is 10.7. The van der Waals surface area contributed by atoms with Crippen molar-refractivity contribution >= 4 is 11.7 Å². The number of hydrogen-bond donors (Lipinski definition) is 1. The van der Waals surface area contributed by atoms with Gasteiger partial charge < -0.3 is 14.8 Å². The topological polar surface area (TPSA) is 47.6 Å². The third-order valence-electron chi connectivity index (χ3n) is 2.31. The minimum atomic E-state index is -0.762. The molecule has 0 amide bonds. The van der Waals surface area contributed by atoms with E-state index in [1.54, 1.807) is 27.9 Å². The Hall–Kier alpha value is -1.71. The van der Waals surface area contributed by atoms with Crippen molar-refractivity contribution in [1.82, 2.24) is 0 Å². The first kappa shape index (κ1) is 13.4. The van der Waals surface area contributed by atoms with Crippen LogP contribution in [-0.4, -0.2) is 25.2 Å². The second kappa shape index (κ2) is 5.57. The largest absolute Gasteiger partial charge is 0.497 e. The van der Waals surface area contributed by atoms with E-state index in [9.17, 15) is 4.79 Å². The van der Waals surface area contributed by atoms with E-state index in [-0.39, 0.29) is 5.97 Å². The summed E-state index contributed by atoms with van der Waals surface area (Å²) < 4.78 is 10.1. The van der Waals surface area contributed by atoms with Crippen LogP contribution in [0.15, 0.2) is 24.3 Å². The first-order valence-corrected chi connectivity index (χ1v) is 5.59. The number of esters is 1. The van der Waals surface area contributed by atoms with Gasteiger partial charge in [-0.05, 0) is 32.9 Å². The lowest BCUT2D eigenvalue weighted by Gasteiger charge is -2.25. The Labute approximate surface area is 102 Å². The average Bonchev–Trinajstić information content (AvgIpc) is 2.29. The standard InChI is InChI=1S/C13H19NO3/c1-5-17-12(15)13(2,3)14-10-7-6-8-11(9-10)16-4/h6-9,14H,5H2,1-4H3. The van der Waals surface area contributed by atoms with Crippen molar-refractivity contribution in [3.63, 3.8) is 0 Å². The van der Waals surface area contributed by atoms with E-state index >= 15 is 0 Å². The molecule has 17 heavy (non-hydrogen) atoms. The van der Waals surface area contributed by atoms with Gasteiger partial charge in [0.2, 0.25) is 0 Å². The van der Waals surface area contributed by atoms with Gasteiger partial charge in [0, 0.05) is 11.8 Å². The molecule has 0 aliphatic carbocycles. The molecule has 0 aromatic heterocycles. The van der Waals surface area contributed by atoms with Crippen LogP contribution in [0.4, 0.5) is 5.69 Å². The van der Waals surface area contributed by atoms with Crippen molar-refractivity contribution in [2.24, 2.45) is 0 Å². The van der Waals surface area contributed by atoms with E-state index in [1.165, 1.54) is 0 Å². The quantitative estimate of drug-likeness (QED) is 0.799. The maximum Gasteiger partial charge on any atom is 0.331 e. The maximum atomic E-state index is 11.7. The number of rotatable bonds is 5. The highest BCUT2D eigenvalue weighted by Gasteiger charge is 2.28. The molecular weight excluding hydrogens is 218 g/mol. The van der Waals surface area contributed by atoms with Crippen molar-refractivity contribution in [2.45, 2.75) is 26.3 Å². The molecule has 0 unspecified atom stereocenters. The molecule has 0 fully saturated rings. The first-order valence-electron chi connectivity index (χ1n) is 5.59. The molecule has 0 heterocycles. The molecule has 0 saturated heterocycles. The van der Waals surface area contributed by atoms with Gasteiger partial charge in [0.1, 0.15) is 11.3 Å². The summed E-state index contributed by atoms with van der Waals surface area (Å²) in [7, 11) is 1.61. The molecule has 1 rings (SSSR count). The van der Waals surface area contributed by atoms with Crippen LogP contribution in [0.3, 0.4) is 0 Å². The van der Waals surface area contributed by atoms with E-state index in [4.69, 9.17) is 9.47 Å². The van der Waals surface area contributed by atoms with E-state index < -0.39 is 5.54 Å². The van der Waals surface area contributed by atoms with E-state index in [0.29, 0.717) is 6.61 Å². The van der Waals surface area contributed by atoms with Gasteiger partial charge in [0.05, 0.1) is 13.7 Å². The monoisotopic (exact) mass is 237 g/mol. The number of methoxy groups -OCH3 is 1. The molecule has 1 aromatic rings. The van der Waals surface area contributed by atoms with Crippen LogP contribution in [0.1, 0.15) is 20.8 Å². The van der Waals surface area contributed by atoms with Crippen molar-refractivity contribution in [3.8, 4) is 5.75 Å². The highest BCUT2D eigenvalue weighted by molar-refractivity contribution is 5.83. The van der Waals surface area contributed by atoms with Gasteiger partial charge in [0.15, 0.2) is 0 Å². The molecule has 94 valence electrons. The van der Waals surface area contributed by atoms with Crippen LogP contribution < -0.4 is 10.1 Å². The smallest absolute Gasteiger partial charge is 0.331 e. The van der Waals surface area contributed by atoms with Crippen molar-refractivity contribution in [3.05, 3.63) is 24.3 Å². The molecule has 4 nitrogen and oxygen atoms in total. The molecule has 0 aliphatic heterocycles. The van der Waals surface area contributed by atoms with E-state index in [2.05, 4.69) is 5.32 Å². The van der Waals surface area contributed by atoms with Gasteiger partial charge >= 0.3 is 5.97 Å². The molecule has 0 spiro atoms. The van der Waals surface area contributed by atoms with Gasteiger partial charge in [-0.3, -0.25) is 0 Å². The van der Waals surface area contributed by atoms with Gasteiger partial charge in [-0.1, -0.05) is 6.07 Å². The number of nitrogens with one attached hydrogen (secondary N) is 1. The first-order chi connectivity index (χ1) is 7.99. The summed E-state index contributed by atoms with van der Waals surface area (Å²) in [5, 5.41) is 3.12. The molecule has 0 saturated carbocycles. The minimum Gasteiger partial charge on any atom is -0.497 e. The molecule has 0 aliphatic rings. The van der Waals surface area contributed by atoms with Crippen molar-refractivity contribution in [1.29, 1.82) is 0 Å². The fourth-order valence-corrected chi connectivity index (χ4v) is 1.42. The Kier molecular flexibility index (Phi) is 4.37. The summed E-state index contributed by atoms with van der Waals surface area (Å²) in [5.74, 6) is 0.470. The van der Waals surface area contributed by atoms with Crippen LogP contribution in [0.25, 0.3) is 0 Å². The summed E-state index contributed by atoms with van der Waals surface area (Å²) in [6.45, 7) is 5.73. The lowest BCUT2D eigenvalue weighted by molar-refractivity contribution is -0.147. The normalized spacial score (nSPS) is 10.8. The second-order valence-corrected chi connectivity index (χ2v) is 4.20. The summed E-state index contributed by atoms with van der Waals surface area (Å²) in [5.41, 5.74) is 0.0601. The fraction of sp³-hybridized carbons (Fsp3) is 0.462. The molecule has 0 radical (unpaired) electrons. The van der Waals surface area contributed by atoms with Gasteiger partial charge in [-0.25, -0.2) is 4.79 Å². The van der Waals surface area contributed by atoms with Crippen molar-refractivity contribution < 1.29 is 14.3 Å². The Morgan fingerprint density at radius 2 is 2.12 bits per heavy atom. The van der Waals surface area contributed by atoms with Gasteiger partial charge in [-0.15, -0.1) is 0 Å². The highest BCUT2D eigenvalue weighted by Crippen LogP contribution is 2.21. The molecular formula is C13H19NO3. The lowest BCUT2D eigenvalue weighted by Crippen LogP contribution is -2.41. The van der Waals surface area contributed by atoms with E-state index in [1.807, 2.05) is 24.3 Å². The van der Waals surface area contributed by atoms with Crippen molar-refractivity contribution in [2.75, 3.05) is 19.0 Å². The Morgan fingerprint density at radius 1 is 1.41 bits per heavy atom. The lowest BCUT2D eigenvalue weighted by atomic mass is 10.1. The summed E-state index contributed by atoms with van der Waals surface area (Å²) in [6.07, 6.45) is 0. The molecule has 0 atom stereocenters. The predicted molar refractivity (Wildman–Crippen MR) is 67.3 cm³/mol. The number of ether oxygens (including phenoxy) is 2. The van der Waals surface area contributed by atoms with Crippen LogP contribution in [0, 0.1) is 0 Å². The summed E-state index contributed by atoms with van der Waals surface area (Å²) >= 11 is 0. The second-order valence-electron chi connectivity index (χ2n) is 4.20. The third kappa shape index (κ3) is 3.66. The Morgan fingerprint density at radius 3 is 2.71 bits per heavy atom. The third-order valence-corrected chi connectivity index (χ3v) is 2.31. The van der Waals surface area contributed by atoms with Crippen LogP contribution in [0.5, 0.6) is 5.75 Å². The zero-order chi connectivity index (χ0) is 12.9. The van der Waals surface area contributed by atoms with Gasteiger partial charge in [0.25, 0.3) is 0 Å². The molecule has 1 aromatic carbocycles. The number of benzene rings is 1. The van der Waals surface area contributed by atoms with Crippen LogP contribution in [-0.2, 0) is 9.53 Å². The summed E-state index contributed by atoms with van der Waals surface area (Å²) in [6, 6.07) is 7.43. The van der Waals surface area contributed by atoms with E-state index in [0.717, 1.165) is 11.4 Å². The van der Waals surface area contributed by atoms with Crippen LogP contribution in [0.2, 0.25) is 0 Å². The SMILES string of the molecule is CCOC(=O)C(C)(C)Nc1cccc(OC)c1. The number of hydrogen-bond acceptors (Lipinski definition) is 4. The molecule has 1 N–H and O–H groups in total. The number of anilines is 1. The maximum absolute atomic E-state index is 11.7.